The van der Waals surface area contributed by atoms with E-state index in [2.05, 4.69) is 10.8 Å². The normalized spacial score (nSPS) is 11.3. The van der Waals surface area contributed by atoms with Crippen molar-refractivity contribution in [2.45, 2.75) is 20.8 Å². The highest BCUT2D eigenvalue weighted by molar-refractivity contribution is 7.86. The first-order chi connectivity index (χ1) is 14.1. The van der Waals surface area contributed by atoms with Gasteiger partial charge in [-0.25, -0.2) is 8.60 Å². The Morgan fingerprint density at radius 1 is 1.21 bits per heavy atom. The van der Waals surface area contributed by atoms with Gasteiger partial charge in [0.05, 0.1) is 16.8 Å². The Morgan fingerprint density at radius 3 is 2.48 bits per heavy atom. The molecular formula is C22H26FN3O2S. The summed E-state index contributed by atoms with van der Waals surface area (Å²) in [5, 5.41) is 10.5. The van der Waals surface area contributed by atoms with E-state index in [0.29, 0.717) is 17.1 Å². The van der Waals surface area contributed by atoms with Crippen molar-refractivity contribution >= 4 is 27.6 Å². The van der Waals surface area contributed by atoms with Crippen LogP contribution in [0.5, 0.6) is 5.75 Å². The molecule has 0 saturated carbocycles. The Morgan fingerprint density at radius 2 is 1.90 bits per heavy atom. The highest BCUT2D eigenvalue weighted by Gasteiger charge is 2.17. The lowest BCUT2D eigenvalue weighted by Gasteiger charge is -2.08. The largest absolute Gasteiger partial charge is 0.491 e. The number of hydrogen-bond donors (Lipinski definition) is 1. The van der Waals surface area contributed by atoms with Gasteiger partial charge in [-0.05, 0) is 29.8 Å². The summed E-state index contributed by atoms with van der Waals surface area (Å²) in [6.07, 6.45) is 0. The summed E-state index contributed by atoms with van der Waals surface area (Å²) >= 11 is 0. The molecule has 29 heavy (non-hydrogen) atoms. The molecule has 1 aromatic heterocycles. The third-order valence-corrected chi connectivity index (χ3v) is 5.27. The molecule has 0 aliphatic carbocycles. The fourth-order valence-electron chi connectivity index (χ4n) is 3.01. The van der Waals surface area contributed by atoms with Gasteiger partial charge in [-0.1, -0.05) is 32.9 Å². The average molecular weight is 416 g/mol. The van der Waals surface area contributed by atoms with E-state index in [1.165, 1.54) is 0 Å². The molecule has 0 radical (unpaired) electrons. The number of rotatable bonds is 7. The number of benzene rings is 2. The van der Waals surface area contributed by atoms with Crippen LogP contribution in [0.1, 0.15) is 26.3 Å². The van der Waals surface area contributed by atoms with Gasteiger partial charge in [0.2, 0.25) is 0 Å². The lowest BCUT2D eigenvalue weighted by molar-refractivity contribution is 0.273. The Kier molecular flexibility index (Phi) is 8.22. The third kappa shape index (κ3) is 4.96. The third-order valence-electron chi connectivity index (χ3n) is 4.28. The molecule has 1 heterocycles. The predicted octanol–water partition coefficient (Wildman–Crippen LogP) is 5.19. The molecule has 0 amide bonds. The maximum Gasteiger partial charge on any atom is 0.123 e. The van der Waals surface area contributed by atoms with E-state index >= 15 is 0 Å². The van der Waals surface area contributed by atoms with E-state index in [1.807, 2.05) is 68.8 Å². The van der Waals surface area contributed by atoms with Crippen LogP contribution in [-0.4, -0.2) is 27.8 Å². The van der Waals surface area contributed by atoms with Gasteiger partial charge in [-0.15, -0.1) is 0 Å². The smallest absolute Gasteiger partial charge is 0.123 e. The molecule has 154 valence electrons. The molecule has 0 bridgehead atoms. The molecule has 1 atom stereocenters. The zero-order chi connectivity index (χ0) is 21.4. The molecule has 1 N–H and O–H groups in total. The van der Waals surface area contributed by atoms with Gasteiger partial charge < -0.3 is 14.0 Å². The molecule has 2 aromatic carbocycles. The topological polar surface area (TPSA) is 67.1 Å². The molecule has 0 fully saturated rings. The number of hydrogen-bond acceptors (Lipinski definition) is 3. The minimum absolute atomic E-state index is 0.00148. The maximum absolute atomic E-state index is 12.4. The van der Waals surface area contributed by atoms with E-state index < -0.39 is 17.7 Å². The number of nitrogens with one attached hydrogen (secondary N) is 1. The second kappa shape index (κ2) is 10.6. The molecule has 3 aromatic rings. The highest BCUT2D eigenvalue weighted by Crippen LogP contribution is 2.34. The van der Waals surface area contributed by atoms with Crippen LogP contribution in [-0.2, 0) is 18.0 Å². The van der Waals surface area contributed by atoms with Crippen LogP contribution in [0.3, 0.4) is 0 Å². The van der Waals surface area contributed by atoms with Crippen molar-refractivity contribution in [3.8, 4) is 23.1 Å². The highest BCUT2D eigenvalue weighted by atomic mass is 32.2. The SMILES string of the molecule is CC.CCS(=O)Nc1ccc(-c2c(C#N)c3ccc(OCCF)cc3n2C)cc1. The van der Waals surface area contributed by atoms with E-state index in [-0.39, 0.29) is 6.61 Å². The molecule has 0 aliphatic rings. The lowest BCUT2D eigenvalue weighted by atomic mass is 10.1. The summed E-state index contributed by atoms with van der Waals surface area (Å²) in [6, 6.07) is 15.2. The van der Waals surface area contributed by atoms with Gasteiger partial charge in [0.25, 0.3) is 0 Å². The van der Waals surface area contributed by atoms with Gasteiger partial charge in [-0.3, -0.25) is 0 Å². The van der Waals surface area contributed by atoms with E-state index in [0.717, 1.165) is 27.8 Å². The molecule has 0 saturated heterocycles. The maximum atomic E-state index is 12.4. The van der Waals surface area contributed by atoms with Crippen molar-refractivity contribution in [3.05, 3.63) is 48.0 Å². The lowest BCUT2D eigenvalue weighted by Crippen LogP contribution is -2.05. The van der Waals surface area contributed by atoms with Crippen LogP contribution in [0.25, 0.3) is 22.2 Å². The first-order valence-corrected chi connectivity index (χ1v) is 10.9. The van der Waals surface area contributed by atoms with E-state index in [1.54, 1.807) is 6.07 Å². The van der Waals surface area contributed by atoms with Crippen molar-refractivity contribution in [1.82, 2.24) is 4.57 Å². The summed E-state index contributed by atoms with van der Waals surface area (Å²) < 4.78 is 34.2. The number of aryl methyl sites for hydroxylation is 1. The molecule has 7 heteroatoms. The van der Waals surface area contributed by atoms with Gasteiger partial charge in [0.1, 0.15) is 36.1 Å². The van der Waals surface area contributed by atoms with Crippen LogP contribution in [0.15, 0.2) is 42.5 Å². The predicted molar refractivity (Wildman–Crippen MR) is 118 cm³/mol. The summed E-state index contributed by atoms with van der Waals surface area (Å²) in [7, 11) is 0.779. The minimum Gasteiger partial charge on any atom is -0.491 e. The monoisotopic (exact) mass is 415 g/mol. The first-order valence-electron chi connectivity index (χ1n) is 9.55. The van der Waals surface area contributed by atoms with Crippen molar-refractivity contribution < 1.29 is 13.3 Å². The van der Waals surface area contributed by atoms with Crippen molar-refractivity contribution in [3.63, 3.8) is 0 Å². The van der Waals surface area contributed by atoms with E-state index in [4.69, 9.17) is 4.74 Å². The Hall–Kier alpha value is -2.85. The van der Waals surface area contributed by atoms with Crippen LogP contribution in [0.2, 0.25) is 0 Å². The zero-order valence-corrected chi connectivity index (χ0v) is 18.0. The zero-order valence-electron chi connectivity index (χ0n) is 17.2. The van der Waals surface area contributed by atoms with Gasteiger partial charge in [-0.2, -0.15) is 5.26 Å². The second-order valence-electron chi connectivity index (χ2n) is 5.92. The van der Waals surface area contributed by atoms with Crippen LogP contribution < -0.4 is 9.46 Å². The molecular weight excluding hydrogens is 389 g/mol. The molecule has 5 nitrogen and oxygen atoms in total. The molecule has 0 spiro atoms. The van der Waals surface area contributed by atoms with Crippen molar-refractivity contribution in [2.75, 3.05) is 23.8 Å². The second-order valence-corrected chi connectivity index (χ2v) is 7.40. The Balaban J connectivity index is 0.00000145. The van der Waals surface area contributed by atoms with Crippen LogP contribution in [0, 0.1) is 11.3 Å². The number of nitriles is 1. The van der Waals surface area contributed by atoms with E-state index in [9.17, 15) is 13.9 Å². The minimum atomic E-state index is -1.11. The van der Waals surface area contributed by atoms with Crippen LogP contribution in [0.4, 0.5) is 10.1 Å². The summed E-state index contributed by atoms with van der Waals surface area (Å²) in [5.74, 6) is 1.09. The molecule has 0 aliphatic heterocycles. The van der Waals surface area contributed by atoms with Gasteiger partial charge >= 0.3 is 0 Å². The molecule has 1 unspecified atom stereocenters. The number of alkyl halides is 1. The van der Waals surface area contributed by atoms with Gasteiger partial charge in [0, 0.05) is 29.9 Å². The summed E-state index contributed by atoms with van der Waals surface area (Å²) in [6.45, 7) is 5.29. The first kappa shape index (κ1) is 22.4. The fraction of sp³-hybridized carbons (Fsp3) is 0.318. The number of anilines is 1. The average Bonchev–Trinajstić information content (AvgIpc) is 3.05. The Bertz CT molecular complexity index is 1020. The standard InChI is InChI=1S/C20H20FN3O2S.C2H6/c1-3-27(25)23-15-6-4-14(5-7-15)20-18(13-22)17-9-8-16(26-11-10-21)12-19(17)24(20)2;1-2/h4-9,12,23H,3,10-11H2,1-2H3;1-2H3. The summed E-state index contributed by atoms with van der Waals surface area (Å²) in [5.41, 5.74) is 3.84. The van der Waals surface area contributed by atoms with Gasteiger partial charge in [0.15, 0.2) is 0 Å². The van der Waals surface area contributed by atoms with Crippen molar-refractivity contribution in [2.24, 2.45) is 7.05 Å². The number of aromatic nitrogens is 1. The number of nitrogens with zero attached hydrogens (tertiary/aromatic N) is 2. The number of ether oxygens (including phenoxy) is 1. The van der Waals surface area contributed by atoms with Crippen LogP contribution >= 0.6 is 0 Å². The summed E-state index contributed by atoms with van der Waals surface area (Å²) in [4.78, 5) is 0. The number of halogens is 1. The molecule has 3 rings (SSSR count). The van der Waals surface area contributed by atoms with Crippen molar-refractivity contribution in [1.29, 1.82) is 5.26 Å². The quantitative estimate of drug-likeness (QED) is 0.578. The fourth-order valence-corrected chi connectivity index (χ4v) is 3.56. The number of fused-ring (bicyclic) bond motifs is 1. The Labute approximate surface area is 173 Å².